The van der Waals surface area contributed by atoms with Crippen LogP contribution in [0, 0.1) is 5.92 Å². The highest BCUT2D eigenvalue weighted by molar-refractivity contribution is 6.08. The topological polar surface area (TPSA) is 61.4 Å². The number of hydrogen-bond acceptors (Lipinski definition) is 3. The Balaban J connectivity index is 1.41. The Morgan fingerprint density at radius 1 is 1.07 bits per heavy atom. The number of rotatable bonds is 7. The van der Waals surface area contributed by atoms with Gasteiger partial charge in [0.15, 0.2) is 0 Å². The first-order valence-electron chi connectivity index (χ1n) is 11.0. The van der Waals surface area contributed by atoms with E-state index in [9.17, 15) is 9.59 Å². The summed E-state index contributed by atoms with van der Waals surface area (Å²) in [6.07, 6.45) is 6.69. The number of hydrogen-bond donors (Lipinski definition) is 2. The lowest BCUT2D eigenvalue weighted by Gasteiger charge is -2.33. The maximum Gasteiger partial charge on any atom is 0.253 e. The molecule has 29 heavy (non-hydrogen) atoms. The summed E-state index contributed by atoms with van der Waals surface area (Å²) in [5.41, 5.74) is 1.16. The van der Waals surface area contributed by atoms with Gasteiger partial charge in [-0.1, -0.05) is 30.7 Å². The first kappa shape index (κ1) is 19.9. The van der Waals surface area contributed by atoms with Crippen molar-refractivity contribution in [3.63, 3.8) is 0 Å². The summed E-state index contributed by atoms with van der Waals surface area (Å²) in [6.45, 7) is 5.12. The average molecular weight is 394 g/mol. The molecule has 2 amide bonds. The summed E-state index contributed by atoms with van der Waals surface area (Å²) in [4.78, 5) is 27.7. The molecule has 4 rings (SSSR count). The number of likely N-dealkylation sites (tertiary alicyclic amines) is 1. The zero-order chi connectivity index (χ0) is 20.2. The molecule has 1 atom stereocenters. The Morgan fingerprint density at radius 3 is 2.55 bits per heavy atom. The number of carbonyl (C=O) groups excluding carboxylic acids is 2. The summed E-state index contributed by atoms with van der Waals surface area (Å²) in [7, 11) is 0. The van der Waals surface area contributed by atoms with E-state index in [1.807, 2.05) is 36.4 Å². The number of benzene rings is 2. The van der Waals surface area contributed by atoms with Crippen LogP contribution < -0.4 is 10.6 Å². The van der Waals surface area contributed by atoms with E-state index >= 15 is 0 Å². The van der Waals surface area contributed by atoms with Gasteiger partial charge in [-0.25, -0.2) is 0 Å². The first-order chi connectivity index (χ1) is 14.1. The second-order valence-corrected chi connectivity index (χ2v) is 8.50. The van der Waals surface area contributed by atoms with Crippen molar-refractivity contribution in [2.75, 3.05) is 25.0 Å². The van der Waals surface area contributed by atoms with Gasteiger partial charge in [-0.05, 0) is 68.5 Å². The quantitative estimate of drug-likeness (QED) is 0.694. The van der Waals surface area contributed by atoms with Crippen LogP contribution in [-0.2, 0) is 4.79 Å². The Labute approximate surface area is 172 Å². The third-order valence-electron chi connectivity index (χ3n) is 6.18. The van der Waals surface area contributed by atoms with Crippen molar-refractivity contribution in [3.8, 4) is 0 Å². The van der Waals surface area contributed by atoms with Gasteiger partial charge >= 0.3 is 0 Å². The molecule has 1 saturated carbocycles. The van der Waals surface area contributed by atoms with Gasteiger partial charge in [-0.3, -0.25) is 9.59 Å². The molecule has 154 valence electrons. The molecule has 0 aromatic heterocycles. The van der Waals surface area contributed by atoms with E-state index in [0.29, 0.717) is 23.8 Å². The van der Waals surface area contributed by atoms with Gasteiger partial charge in [0.1, 0.15) is 0 Å². The number of anilines is 1. The van der Waals surface area contributed by atoms with Crippen LogP contribution in [0.25, 0.3) is 10.8 Å². The molecule has 1 unspecified atom stereocenters. The van der Waals surface area contributed by atoms with Crippen molar-refractivity contribution >= 4 is 28.3 Å². The minimum atomic E-state index is -0.117. The van der Waals surface area contributed by atoms with Gasteiger partial charge in [0.25, 0.3) is 5.91 Å². The fourth-order valence-electron chi connectivity index (χ4n) is 4.18. The molecule has 0 spiro atoms. The van der Waals surface area contributed by atoms with E-state index in [1.165, 1.54) is 19.3 Å². The van der Waals surface area contributed by atoms with Crippen molar-refractivity contribution in [1.82, 2.24) is 10.2 Å². The fourth-order valence-corrected chi connectivity index (χ4v) is 4.18. The number of carbonyl (C=O) groups is 2. The minimum Gasteiger partial charge on any atom is -0.352 e. The molecule has 1 saturated heterocycles. The van der Waals surface area contributed by atoms with Crippen LogP contribution in [0.5, 0.6) is 0 Å². The third kappa shape index (κ3) is 4.96. The maximum absolute atomic E-state index is 12.9. The minimum absolute atomic E-state index is 0.0217. The molecule has 1 heterocycles. The molecule has 2 aromatic carbocycles. The second kappa shape index (κ2) is 8.95. The monoisotopic (exact) mass is 393 g/mol. The van der Waals surface area contributed by atoms with Crippen molar-refractivity contribution in [1.29, 1.82) is 0 Å². The highest BCUT2D eigenvalue weighted by Gasteiger charge is 2.30. The number of piperidine rings is 1. The number of amides is 2. The van der Waals surface area contributed by atoms with Crippen LogP contribution in [-0.4, -0.2) is 42.4 Å². The van der Waals surface area contributed by atoms with Crippen molar-refractivity contribution in [3.05, 3.63) is 42.0 Å². The predicted molar refractivity (Wildman–Crippen MR) is 117 cm³/mol. The summed E-state index contributed by atoms with van der Waals surface area (Å²) < 4.78 is 0. The zero-order valence-electron chi connectivity index (χ0n) is 17.2. The smallest absolute Gasteiger partial charge is 0.253 e. The predicted octanol–water partition coefficient (Wildman–Crippen LogP) is 4.18. The van der Waals surface area contributed by atoms with Gasteiger partial charge in [-0.15, -0.1) is 0 Å². The van der Waals surface area contributed by atoms with E-state index in [0.717, 1.165) is 43.1 Å². The Morgan fingerprint density at radius 2 is 1.83 bits per heavy atom. The summed E-state index contributed by atoms with van der Waals surface area (Å²) in [5, 5.41) is 8.07. The largest absolute Gasteiger partial charge is 0.352 e. The van der Waals surface area contributed by atoms with Gasteiger partial charge < -0.3 is 15.5 Å². The molecule has 2 fully saturated rings. The van der Waals surface area contributed by atoms with Crippen molar-refractivity contribution in [2.24, 2.45) is 5.92 Å². The van der Waals surface area contributed by atoms with E-state index in [4.69, 9.17) is 0 Å². The maximum atomic E-state index is 12.9. The van der Waals surface area contributed by atoms with Gasteiger partial charge in [0.2, 0.25) is 5.91 Å². The standard InChI is InChI=1S/C24H31N3O2/c1-17-7-4-5-13-27(17)14-6-12-25-24(29)21-15-19-8-2-3-9-20(19)16-22(21)26-23(28)18-10-11-18/h2-3,8-9,15-18H,4-7,10-14H2,1H3,(H,25,29)(H,26,28). The van der Waals surface area contributed by atoms with Crippen LogP contribution in [0.4, 0.5) is 5.69 Å². The number of nitrogens with one attached hydrogen (secondary N) is 2. The lowest BCUT2D eigenvalue weighted by molar-refractivity contribution is -0.117. The fraction of sp³-hybridized carbons (Fsp3) is 0.500. The van der Waals surface area contributed by atoms with E-state index < -0.39 is 0 Å². The number of nitrogens with zero attached hydrogens (tertiary/aromatic N) is 1. The van der Waals surface area contributed by atoms with Crippen LogP contribution in [0.15, 0.2) is 36.4 Å². The molecule has 0 radical (unpaired) electrons. The van der Waals surface area contributed by atoms with Crippen molar-refractivity contribution in [2.45, 2.75) is 51.5 Å². The molecule has 2 aliphatic rings. The normalized spacial score (nSPS) is 19.8. The molecule has 5 heteroatoms. The molecule has 0 bridgehead atoms. The van der Waals surface area contributed by atoms with E-state index in [1.54, 1.807) is 0 Å². The van der Waals surface area contributed by atoms with E-state index in [-0.39, 0.29) is 17.7 Å². The molecule has 5 nitrogen and oxygen atoms in total. The molecule has 1 aliphatic carbocycles. The second-order valence-electron chi connectivity index (χ2n) is 8.50. The average Bonchev–Trinajstić information content (AvgIpc) is 3.57. The SMILES string of the molecule is CC1CCCCN1CCCNC(=O)c1cc2ccccc2cc1NC(=O)C1CC1. The van der Waals surface area contributed by atoms with Gasteiger partial charge in [0, 0.05) is 25.0 Å². The molecule has 1 aliphatic heterocycles. The van der Waals surface area contributed by atoms with Crippen LogP contribution >= 0.6 is 0 Å². The highest BCUT2D eigenvalue weighted by Crippen LogP contribution is 2.32. The Kier molecular flexibility index (Phi) is 6.14. The lowest BCUT2D eigenvalue weighted by Crippen LogP contribution is -2.39. The zero-order valence-corrected chi connectivity index (χ0v) is 17.2. The molecule has 2 N–H and O–H groups in total. The Bertz CT molecular complexity index is 891. The van der Waals surface area contributed by atoms with Crippen LogP contribution in [0.3, 0.4) is 0 Å². The van der Waals surface area contributed by atoms with E-state index in [2.05, 4.69) is 22.5 Å². The molecular weight excluding hydrogens is 362 g/mol. The lowest BCUT2D eigenvalue weighted by atomic mass is 10.0. The van der Waals surface area contributed by atoms with Gasteiger partial charge in [-0.2, -0.15) is 0 Å². The third-order valence-corrected chi connectivity index (χ3v) is 6.18. The van der Waals surface area contributed by atoms with Gasteiger partial charge in [0.05, 0.1) is 11.3 Å². The number of fused-ring (bicyclic) bond motifs is 1. The van der Waals surface area contributed by atoms with Crippen LogP contribution in [0.2, 0.25) is 0 Å². The molecule has 2 aromatic rings. The summed E-state index contributed by atoms with van der Waals surface area (Å²) in [5.74, 6) is 0.00544. The first-order valence-corrected chi connectivity index (χ1v) is 11.0. The Hall–Kier alpha value is -2.40. The highest BCUT2D eigenvalue weighted by atomic mass is 16.2. The van der Waals surface area contributed by atoms with Crippen LogP contribution in [0.1, 0.15) is 55.8 Å². The van der Waals surface area contributed by atoms with Crippen molar-refractivity contribution < 1.29 is 9.59 Å². The molecular formula is C24H31N3O2. The summed E-state index contributed by atoms with van der Waals surface area (Å²) >= 11 is 0. The summed E-state index contributed by atoms with van der Waals surface area (Å²) in [6, 6.07) is 12.4.